The number of aromatic nitrogens is 1. The second kappa shape index (κ2) is 11.8. The van der Waals surface area contributed by atoms with Gasteiger partial charge in [0, 0.05) is 24.7 Å². The summed E-state index contributed by atoms with van der Waals surface area (Å²) in [6.45, 7) is 3.88. The van der Waals surface area contributed by atoms with Crippen molar-refractivity contribution in [3.05, 3.63) is 82.7 Å². The van der Waals surface area contributed by atoms with Crippen molar-refractivity contribution in [2.75, 3.05) is 20.2 Å². The molecule has 2 aromatic carbocycles. The lowest BCUT2D eigenvalue weighted by molar-refractivity contribution is -0.138. The first kappa shape index (κ1) is 27.4. The van der Waals surface area contributed by atoms with Gasteiger partial charge in [0.15, 0.2) is 11.9 Å². The van der Waals surface area contributed by atoms with Gasteiger partial charge in [0.25, 0.3) is 17.7 Å². The molecule has 3 aromatic rings. The van der Waals surface area contributed by atoms with Crippen LogP contribution in [-0.2, 0) is 9.59 Å². The van der Waals surface area contributed by atoms with E-state index in [4.69, 9.17) is 9.26 Å². The number of hydrogen-bond donors (Lipinski definition) is 2. The van der Waals surface area contributed by atoms with Crippen LogP contribution >= 0.6 is 0 Å². The number of benzene rings is 2. The summed E-state index contributed by atoms with van der Waals surface area (Å²) in [5.74, 6) is -1.98. The average molecular weight is 535 g/mol. The number of rotatable bonds is 8. The van der Waals surface area contributed by atoms with Crippen molar-refractivity contribution in [3.63, 3.8) is 0 Å². The van der Waals surface area contributed by atoms with Crippen molar-refractivity contribution in [3.8, 4) is 5.75 Å². The van der Waals surface area contributed by atoms with Gasteiger partial charge in [-0.15, -0.1) is 0 Å². The highest BCUT2D eigenvalue weighted by Crippen LogP contribution is 2.25. The third-order valence-corrected chi connectivity index (χ3v) is 6.45. The zero-order chi connectivity index (χ0) is 28.1. The molecular formula is C28H30N4O7. The van der Waals surface area contributed by atoms with E-state index in [-0.39, 0.29) is 30.8 Å². The summed E-state index contributed by atoms with van der Waals surface area (Å²) in [6.07, 6.45) is -1.33. The number of amides is 3. The number of carbonyl (C=O) groups excluding carboxylic acids is 3. The summed E-state index contributed by atoms with van der Waals surface area (Å²) in [5.41, 5.74) is 1.77. The lowest BCUT2D eigenvalue weighted by Crippen LogP contribution is -2.63. The number of carbonyl (C=O) groups is 4. The smallest absolute Gasteiger partial charge is 0.305 e. The molecule has 1 aromatic heterocycles. The van der Waals surface area contributed by atoms with E-state index < -0.39 is 35.9 Å². The monoisotopic (exact) mass is 534 g/mol. The standard InChI is InChI=1S/C28H30N4O7/c1-17-7-4-8-19(13-17)22(16-24(33)34)29-25(35)26-31(27(36)20-9-5-10-21(15-20)38-3)11-6-12-32(26)28(37)23-14-18(2)39-30-23/h4-5,7-10,13-15,22,26H,6,11-12,16H2,1-3H3,(H,29,35)(H,33,34). The number of hydrogen-bond acceptors (Lipinski definition) is 7. The Morgan fingerprint density at radius 3 is 2.41 bits per heavy atom. The molecule has 2 N–H and O–H groups in total. The fraction of sp³-hybridized carbons (Fsp3) is 0.321. The quantitative estimate of drug-likeness (QED) is 0.449. The Morgan fingerprint density at radius 1 is 1.05 bits per heavy atom. The molecule has 1 fully saturated rings. The van der Waals surface area contributed by atoms with Crippen molar-refractivity contribution in [2.24, 2.45) is 0 Å². The van der Waals surface area contributed by atoms with Crippen LogP contribution in [0.25, 0.3) is 0 Å². The molecule has 204 valence electrons. The van der Waals surface area contributed by atoms with Crippen molar-refractivity contribution in [1.82, 2.24) is 20.3 Å². The number of aliphatic carboxylic acids is 1. The Balaban J connectivity index is 1.72. The molecule has 2 atom stereocenters. The first-order chi connectivity index (χ1) is 18.7. The number of nitrogens with one attached hydrogen (secondary N) is 1. The van der Waals surface area contributed by atoms with E-state index in [1.807, 2.05) is 13.0 Å². The number of ether oxygens (including phenoxy) is 1. The van der Waals surface area contributed by atoms with Gasteiger partial charge in [-0.1, -0.05) is 41.1 Å². The van der Waals surface area contributed by atoms with Crippen LogP contribution in [0.3, 0.4) is 0 Å². The Kier molecular flexibility index (Phi) is 8.28. The number of carboxylic acid groups (broad SMARTS) is 1. The SMILES string of the molecule is COc1cccc(C(=O)N2CCCN(C(=O)c3cc(C)on3)C2C(=O)NC(CC(=O)O)c2cccc(C)c2)c1. The highest BCUT2D eigenvalue weighted by molar-refractivity contribution is 6.01. The largest absolute Gasteiger partial charge is 0.497 e. The molecule has 4 rings (SSSR count). The lowest BCUT2D eigenvalue weighted by atomic mass is 10.0. The van der Waals surface area contributed by atoms with Crippen LogP contribution in [0.15, 0.2) is 59.1 Å². The normalized spacial score (nSPS) is 15.9. The Morgan fingerprint density at radius 2 is 1.77 bits per heavy atom. The summed E-state index contributed by atoms with van der Waals surface area (Å²) in [5, 5.41) is 16.1. The molecule has 1 saturated heterocycles. The van der Waals surface area contributed by atoms with E-state index >= 15 is 0 Å². The van der Waals surface area contributed by atoms with E-state index in [0.29, 0.717) is 23.5 Å². The number of nitrogens with zero attached hydrogens (tertiary/aromatic N) is 3. The van der Waals surface area contributed by atoms with Gasteiger partial charge in [0.2, 0.25) is 0 Å². The fourth-order valence-electron chi connectivity index (χ4n) is 4.63. The van der Waals surface area contributed by atoms with E-state index in [1.165, 1.54) is 23.0 Å². The number of aryl methyl sites for hydroxylation is 2. The van der Waals surface area contributed by atoms with E-state index in [2.05, 4.69) is 10.5 Å². The van der Waals surface area contributed by atoms with Crippen LogP contribution in [0, 0.1) is 13.8 Å². The minimum Gasteiger partial charge on any atom is -0.497 e. The summed E-state index contributed by atoms with van der Waals surface area (Å²) < 4.78 is 10.3. The van der Waals surface area contributed by atoms with Gasteiger partial charge in [0.1, 0.15) is 11.5 Å². The van der Waals surface area contributed by atoms with Gasteiger partial charge in [-0.3, -0.25) is 19.2 Å². The molecule has 0 saturated carbocycles. The van der Waals surface area contributed by atoms with E-state index in [0.717, 1.165) is 5.56 Å². The highest BCUT2D eigenvalue weighted by Gasteiger charge is 2.42. The van der Waals surface area contributed by atoms with Crippen LogP contribution in [0.1, 0.15) is 56.6 Å². The molecule has 2 unspecified atom stereocenters. The lowest BCUT2D eigenvalue weighted by Gasteiger charge is -2.43. The van der Waals surface area contributed by atoms with Gasteiger partial charge in [-0.05, 0) is 44.0 Å². The topological polar surface area (TPSA) is 142 Å². The molecule has 1 aliphatic rings. The maximum absolute atomic E-state index is 13.9. The highest BCUT2D eigenvalue weighted by atomic mass is 16.5. The molecule has 0 aliphatic carbocycles. The van der Waals surface area contributed by atoms with Crippen molar-refractivity contribution < 1.29 is 33.5 Å². The average Bonchev–Trinajstić information content (AvgIpc) is 3.37. The summed E-state index contributed by atoms with van der Waals surface area (Å²) in [6, 6.07) is 14.2. The van der Waals surface area contributed by atoms with Gasteiger partial charge in [0.05, 0.1) is 19.6 Å². The number of carboxylic acids is 1. The van der Waals surface area contributed by atoms with Gasteiger partial charge >= 0.3 is 5.97 Å². The zero-order valence-corrected chi connectivity index (χ0v) is 21.9. The molecular weight excluding hydrogens is 504 g/mol. The summed E-state index contributed by atoms with van der Waals surface area (Å²) >= 11 is 0. The molecule has 0 bridgehead atoms. The Bertz CT molecular complexity index is 1390. The van der Waals surface area contributed by atoms with Crippen molar-refractivity contribution in [2.45, 2.75) is 38.9 Å². The molecule has 11 nitrogen and oxygen atoms in total. The fourth-order valence-corrected chi connectivity index (χ4v) is 4.63. The number of methoxy groups -OCH3 is 1. The molecule has 39 heavy (non-hydrogen) atoms. The van der Waals surface area contributed by atoms with Crippen LogP contribution in [0.4, 0.5) is 0 Å². The zero-order valence-electron chi connectivity index (χ0n) is 21.9. The summed E-state index contributed by atoms with van der Waals surface area (Å²) in [7, 11) is 1.48. The van der Waals surface area contributed by atoms with Crippen LogP contribution in [-0.4, -0.2) is 70.1 Å². The van der Waals surface area contributed by atoms with Crippen molar-refractivity contribution in [1.29, 1.82) is 0 Å². The minimum atomic E-state index is -1.36. The maximum Gasteiger partial charge on any atom is 0.305 e. The third kappa shape index (κ3) is 6.25. The van der Waals surface area contributed by atoms with Crippen LogP contribution in [0.2, 0.25) is 0 Å². The molecule has 3 amide bonds. The predicted octanol–water partition coefficient (Wildman–Crippen LogP) is 2.95. The van der Waals surface area contributed by atoms with Crippen LogP contribution in [0.5, 0.6) is 5.75 Å². The molecule has 1 aliphatic heterocycles. The molecule has 0 radical (unpaired) electrons. The summed E-state index contributed by atoms with van der Waals surface area (Å²) in [4.78, 5) is 55.4. The van der Waals surface area contributed by atoms with Crippen molar-refractivity contribution >= 4 is 23.7 Å². The van der Waals surface area contributed by atoms with Gasteiger partial charge < -0.3 is 29.5 Å². The predicted molar refractivity (Wildman–Crippen MR) is 139 cm³/mol. The Labute approximate surface area is 225 Å². The molecule has 2 heterocycles. The minimum absolute atomic E-state index is 0.00162. The first-order valence-corrected chi connectivity index (χ1v) is 12.5. The molecule has 0 spiro atoms. The van der Waals surface area contributed by atoms with Gasteiger partial charge in [-0.25, -0.2) is 0 Å². The van der Waals surface area contributed by atoms with E-state index in [1.54, 1.807) is 49.4 Å². The molecule has 11 heteroatoms. The maximum atomic E-state index is 13.9. The van der Waals surface area contributed by atoms with Crippen LogP contribution < -0.4 is 10.1 Å². The first-order valence-electron chi connectivity index (χ1n) is 12.5. The van der Waals surface area contributed by atoms with E-state index in [9.17, 15) is 24.3 Å². The second-order valence-electron chi connectivity index (χ2n) is 9.35. The van der Waals surface area contributed by atoms with Gasteiger partial charge in [-0.2, -0.15) is 0 Å². The Hall–Kier alpha value is -4.67. The second-order valence-corrected chi connectivity index (χ2v) is 9.35. The third-order valence-electron chi connectivity index (χ3n) is 6.45.